The van der Waals surface area contributed by atoms with E-state index in [1.54, 1.807) is 0 Å². The maximum absolute atomic E-state index is 11.8. The third-order valence-electron chi connectivity index (χ3n) is 3.78. The lowest BCUT2D eigenvalue weighted by atomic mass is 9.99. The van der Waals surface area contributed by atoms with Crippen LogP contribution in [0, 0.1) is 5.92 Å². The van der Waals surface area contributed by atoms with Gasteiger partial charge < -0.3 is 15.8 Å². The van der Waals surface area contributed by atoms with Gasteiger partial charge in [-0.2, -0.15) is 0 Å². The summed E-state index contributed by atoms with van der Waals surface area (Å²) < 4.78 is 5.60. The zero-order valence-corrected chi connectivity index (χ0v) is 14.8. The number of rotatable bonds is 8. The number of amides is 1. The van der Waals surface area contributed by atoms with Crippen LogP contribution in [0.3, 0.4) is 0 Å². The molecule has 1 aromatic carbocycles. The highest BCUT2D eigenvalue weighted by Crippen LogP contribution is 2.18. The SMILES string of the molecule is CCC(C)C(N)C(=O)NCCOc1ccc(C(C)C)cc1.Cl. The minimum Gasteiger partial charge on any atom is -0.492 e. The van der Waals surface area contributed by atoms with E-state index in [1.165, 1.54) is 5.56 Å². The summed E-state index contributed by atoms with van der Waals surface area (Å²) >= 11 is 0. The van der Waals surface area contributed by atoms with Crippen molar-refractivity contribution in [1.29, 1.82) is 0 Å². The summed E-state index contributed by atoms with van der Waals surface area (Å²) in [4.78, 5) is 11.8. The number of ether oxygens (including phenoxy) is 1. The molecule has 0 aliphatic heterocycles. The van der Waals surface area contributed by atoms with Crippen LogP contribution in [0.15, 0.2) is 24.3 Å². The lowest BCUT2D eigenvalue weighted by Gasteiger charge is -2.17. The lowest BCUT2D eigenvalue weighted by Crippen LogP contribution is -2.45. The van der Waals surface area contributed by atoms with E-state index in [9.17, 15) is 4.79 Å². The fourth-order valence-corrected chi connectivity index (χ4v) is 1.92. The summed E-state index contributed by atoms with van der Waals surface area (Å²) in [5.41, 5.74) is 7.14. The molecule has 22 heavy (non-hydrogen) atoms. The molecule has 1 amide bonds. The summed E-state index contributed by atoms with van der Waals surface area (Å²) in [6, 6.07) is 7.61. The normalized spacial score (nSPS) is 13.2. The molecule has 0 fully saturated rings. The van der Waals surface area contributed by atoms with E-state index in [1.807, 2.05) is 26.0 Å². The van der Waals surface area contributed by atoms with Crippen LogP contribution in [0.1, 0.15) is 45.6 Å². The average molecular weight is 329 g/mol. The second kappa shape index (κ2) is 10.5. The second-order valence-electron chi connectivity index (χ2n) is 5.77. The van der Waals surface area contributed by atoms with Crippen molar-refractivity contribution in [2.75, 3.05) is 13.2 Å². The first-order valence-electron chi connectivity index (χ1n) is 7.71. The van der Waals surface area contributed by atoms with Crippen LogP contribution in [0.2, 0.25) is 0 Å². The van der Waals surface area contributed by atoms with Gasteiger partial charge in [0.05, 0.1) is 12.6 Å². The van der Waals surface area contributed by atoms with Gasteiger partial charge in [0, 0.05) is 0 Å². The first kappa shape index (κ1) is 20.7. The van der Waals surface area contributed by atoms with Crippen LogP contribution in [0.25, 0.3) is 0 Å². The van der Waals surface area contributed by atoms with Crippen molar-refractivity contribution in [3.63, 3.8) is 0 Å². The van der Waals surface area contributed by atoms with E-state index in [-0.39, 0.29) is 24.2 Å². The molecule has 126 valence electrons. The number of nitrogens with two attached hydrogens (primary N) is 1. The van der Waals surface area contributed by atoms with Gasteiger partial charge in [-0.1, -0.05) is 46.2 Å². The van der Waals surface area contributed by atoms with Crippen LogP contribution >= 0.6 is 12.4 Å². The van der Waals surface area contributed by atoms with Crippen molar-refractivity contribution in [3.05, 3.63) is 29.8 Å². The zero-order chi connectivity index (χ0) is 15.8. The van der Waals surface area contributed by atoms with E-state index in [2.05, 4.69) is 31.3 Å². The van der Waals surface area contributed by atoms with Gasteiger partial charge in [0.15, 0.2) is 0 Å². The molecular weight excluding hydrogens is 300 g/mol. The van der Waals surface area contributed by atoms with Crippen molar-refractivity contribution in [2.45, 2.75) is 46.1 Å². The summed E-state index contributed by atoms with van der Waals surface area (Å²) in [5.74, 6) is 1.41. The Bertz CT molecular complexity index is 435. The Morgan fingerprint density at radius 3 is 2.32 bits per heavy atom. The molecular formula is C17H29ClN2O2. The Balaban J connectivity index is 0.00000441. The molecule has 1 rings (SSSR count). The number of carbonyl (C=O) groups is 1. The number of hydrogen-bond donors (Lipinski definition) is 2. The molecule has 0 saturated carbocycles. The van der Waals surface area contributed by atoms with Crippen LogP contribution in [-0.2, 0) is 4.79 Å². The second-order valence-corrected chi connectivity index (χ2v) is 5.77. The fraction of sp³-hybridized carbons (Fsp3) is 0.588. The van der Waals surface area contributed by atoms with E-state index >= 15 is 0 Å². The van der Waals surface area contributed by atoms with Gasteiger partial charge in [-0.05, 0) is 29.5 Å². The molecule has 0 aliphatic carbocycles. The van der Waals surface area contributed by atoms with Gasteiger partial charge in [-0.25, -0.2) is 0 Å². The van der Waals surface area contributed by atoms with Crippen LogP contribution in [0.5, 0.6) is 5.75 Å². The third kappa shape index (κ3) is 6.67. The monoisotopic (exact) mass is 328 g/mol. The molecule has 3 N–H and O–H groups in total. The maximum atomic E-state index is 11.8. The predicted octanol–water partition coefficient (Wildman–Crippen LogP) is 3.10. The molecule has 4 nitrogen and oxygen atoms in total. The van der Waals surface area contributed by atoms with E-state index in [0.717, 1.165) is 12.2 Å². The summed E-state index contributed by atoms with van der Waals surface area (Å²) in [5, 5.41) is 2.81. The van der Waals surface area contributed by atoms with Gasteiger partial charge in [0.1, 0.15) is 12.4 Å². The molecule has 5 heteroatoms. The Morgan fingerprint density at radius 2 is 1.82 bits per heavy atom. The van der Waals surface area contributed by atoms with Crippen molar-refractivity contribution in [2.24, 2.45) is 11.7 Å². The fourth-order valence-electron chi connectivity index (χ4n) is 1.92. The Labute approximate surface area is 140 Å². The molecule has 0 bridgehead atoms. The molecule has 0 spiro atoms. The highest BCUT2D eigenvalue weighted by Gasteiger charge is 2.18. The Hall–Kier alpha value is -1.26. The highest BCUT2D eigenvalue weighted by molar-refractivity contribution is 5.85. The van der Waals surface area contributed by atoms with Crippen molar-refractivity contribution in [1.82, 2.24) is 5.32 Å². The average Bonchev–Trinajstić information content (AvgIpc) is 2.50. The quantitative estimate of drug-likeness (QED) is 0.721. The highest BCUT2D eigenvalue weighted by atomic mass is 35.5. The van der Waals surface area contributed by atoms with Gasteiger partial charge in [0.25, 0.3) is 0 Å². The summed E-state index contributed by atoms with van der Waals surface area (Å²) in [6.45, 7) is 9.24. The number of benzene rings is 1. The van der Waals surface area contributed by atoms with Gasteiger partial charge >= 0.3 is 0 Å². The first-order chi connectivity index (χ1) is 9.95. The lowest BCUT2D eigenvalue weighted by molar-refractivity contribution is -0.123. The van der Waals surface area contributed by atoms with Crippen molar-refractivity contribution in [3.8, 4) is 5.75 Å². The van der Waals surface area contributed by atoms with Gasteiger partial charge in [-0.15, -0.1) is 12.4 Å². The molecule has 0 radical (unpaired) electrons. The third-order valence-corrected chi connectivity index (χ3v) is 3.78. The smallest absolute Gasteiger partial charge is 0.237 e. The largest absolute Gasteiger partial charge is 0.492 e. The first-order valence-corrected chi connectivity index (χ1v) is 7.71. The summed E-state index contributed by atoms with van der Waals surface area (Å²) in [7, 11) is 0. The van der Waals surface area contributed by atoms with Crippen LogP contribution < -0.4 is 15.8 Å². The minimum absolute atomic E-state index is 0. The molecule has 0 heterocycles. The van der Waals surface area contributed by atoms with Crippen molar-refractivity contribution >= 4 is 18.3 Å². The number of nitrogens with one attached hydrogen (secondary N) is 1. The van der Waals surface area contributed by atoms with Gasteiger partial charge in [0.2, 0.25) is 5.91 Å². The number of hydrogen-bond acceptors (Lipinski definition) is 3. The van der Waals surface area contributed by atoms with Crippen LogP contribution in [-0.4, -0.2) is 25.1 Å². The van der Waals surface area contributed by atoms with E-state index in [4.69, 9.17) is 10.5 Å². The topological polar surface area (TPSA) is 64.4 Å². The molecule has 2 unspecified atom stereocenters. The number of carbonyl (C=O) groups excluding carboxylic acids is 1. The molecule has 0 saturated heterocycles. The number of halogens is 1. The molecule has 0 aromatic heterocycles. The zero-order valence-electron chi connectivity index (χ0n) is 14.0. The molecule has 1 aromatic rings. The summed E-state index contributed by atoms with van der Waals surface area (Å²) in [6.07, 6.45) is 0.896. The standard InChI is InChI=1S/C17H28N2O2.ClH/c1-5-13(4)16(18)17(20)19-10-11-21-15-8-6-14(7-9-15)12(2)3;/h6-9,12-13,16H,5,10-11,18H2,1-4H3,(H,19,20);1H. The maximum Gasteiger partial charge on any atom is 0.237 e. The van der Waals surface area contributed by atoms with Crippen LogP contribution in [0.4, 0.5) is 0 Å². The molecule has 2 atom stereocenters. The Kier molecular flexibility index (Phi) is 9.86. The Morgan fingerprint density at radius 1 is 1.23 bits per heavy atom. The van der Waals surface area contributed by atoms with E-state index in [0.29, 0.717) is 19.1 Å². The van der Waals surface area contributed by atoms with Gasteiger partial charge in [-0.3, -0.25) is 4.79 Å². The minimum atomic E-state index is -0.444. The predicted molar refractivity (Wildman–Crippen MR) is 93.7 cm³/mol. The molecule has 0 aliphatic rings. The van der Waals surface area contributed by atoms with Crippen molar-refractivity contribution < 1.29 is 9.53 Å². The van der Waals surface area contributed by atoms with E-state index < -0.39 is 6.04 Å².